The van der Waals surface area contributed by atoms with Crippen LogP contribution in [0.3, 0.4) is 0 Å². The van der Waals surface area contributed by atoms with E-state index in [1.807, 2.05) is 30.3 Å². The van der Waals surface area contributed by atoms with Crippen molar-refractivity contribution in [1.82, 2.24) is 15.5 Å². The molecule has 2 aromatic rings. The van der Waals surface area contributed by atoms with Gasteiger partial charge in [-0.15, -0.1) is 0 Å². The number of para-hydroxylation sites is 1. The van der Waals surface area contributed by atoms with Gasteiger partial charge in [-0.2, -0.15) is 4.98 Å². The van der Waals surface area contributed by atoms with Crippen molar-refractivity contribution >= 4 is 11.6 Å². The number of amides is 1. The fourth-order valence-corrected chi connectivity index (χ4v) is 1.63. The van der Waals surface area contributed by atoms with E-state index in [4.69, 9.17) is 4.52 Å². The summed E-state index contributed by atoms with van der Waals surface area (Å²) in [6, 6.07) is 9.98. The SMILES string of the molecule is O=C(NC1CC1)c1noc(CNc2ccccc2)n1. The van der Waals surface area contributed by atoms with Crippen LogP contribution < -0.4 is 10.6 Å². The van der Waals surface area contributed by atoms with Gasteiger partial charge in [0, 0.05) is 11.7 Å². The van der Waals surface area contributed by atoms with Crippen LogP contribution in [-0.2, 0) is 6.54 Å². The van der Waals surface area contributed by atoms with Gasteiger partial charge in [0.15, 0.2) is 0 Å². The van der Waals surface area contributed by atoms with E-state index in [2.05, 4.69) is 20.8 Å². The molecule has 0 aliphatic heterocycles. The first-order valence-electron chi connectivity index (χ1n) is 6.23. The number of hydrogen-bond donors (Lipinski definition) is 2. The number of carbonyl (C=O) groups is 1. The van der Waals surface area contributed by atoms with Crippen LogP contribution in [0.25, 0.3) is 0 Å². The third kappa shape index (κ3) is 3.09. The molecule has 0 spiro atoms. The van der Waals surface area contributed by atoms with Crippen molar-refractivity contribution in [3.8, 4) is 0 Å². The van der Waals surface area contributed by atoms with Crippen molar-refractivity contribution in [2.45, 2.75) is 25.4 Å². The molecule has 1 aliphatic carbocycles. The van der Waals surface area contributed by atoms with Crippen molar-refractivity contribution in [1.29, 1.82) is 0 Å². The van der Waals surface area contributed by atoms with Gasteiger partial charge >= 0.3 is 0 Å². The minimum absolute atomic E-state index is 0.0942. The molecular formula is C13H14N4O2. The molecule has 3 rings (SSSR count). The highest BCUT2D eigenvalue weighted by Crippen LogP contribution is 2.19. The molecule has 6 heteroatoms. The molecule has 1 fully saturated rings. The summed E-state index contributed by atoms with van der Waals surface area (Å²) in [4.78, 5) is 15.7. The molecule has 6 nitrogen and oxygen atoms in total. The molecule has 98 valence electrons. The standard InChI is InChI=1S/C13H14N4O2/c18-13(15-10-6-7-10)12-16-11(19-17-12)8-14-9-4-2-1-3-5-9/h1-5,10,14H,6-8H2,(H,15,18). The minimum Gasteiger partial charge on any atom is -0.376 e. The lowest BCUT2D eigenvalue weighted by Crippen LogP contribution is -2.26. The second-order valence-corrected chi connectivity index (χ2v) is 4.48. The summed E-state index contributed by atoms with van der Waals surface area (Å²) < 4.78 is 5.03. The maximum absolute atomic E-state index is 11.7. The topological polar surface area (TPSA) is 80.0 Å². The van der Waals surface area contributed by atoms with Gasteiger partial charge in [0.05, 0.1) is 6.54 Å². The summed E-state index contributed by atoms with van der Waals surface area (Å²) in [6.45, 7) is 0.397. The third-order valence-corrected chi connectivity index (χ3v) is 2.80. The van der Waals surface area contributed by atoms with Crippen molar-refractivity contribution in [3.63, 3.8) is 0 Å². The molecule has 19 heavy (non-hydrogen) atoms. The predicted octanol–water partition coefficient (Wildman–Crippen LogP) is 1.57. The largest absolute Gasteiger partial charge is 0.376 e. The lowest BCUT2D eigenvalue weighted by molar-refractivity contribution is 0.0937. The average molecular weight is 258 g/mol. The van der Waals surface area contributed by atoms with Crippen LogP contribution in [0.2, 0.25) is 0 Å². The highest BCUT2D eigenvalue weighted by Gasteiger charge is 2.25. The lowest BCUT2D eigenvalue weighted by atomic mass is 10.3. The van der Waals surface area contributed by atoms with E-state index in [0.29, 0.717) is 12.4 Å². The van der Waals surface area contributed by atoms with Gasteiger partial charge in [-0.05, 0) is 25.0 Å². The molecule has 1 amide bonds. The molecule has 0 saturated heterocycles. The molecular weight excluding hydrogens is 244 g/mol. The molecule has 1 heterocycles. The van der Waals surface area contributed by atoms with Gasteiger partial charge in [0.2, 0.25) is 5.89 Å². The Morgan fingerprint density at radius 3 is 2.84 bits per heavy atom. The van der Waals surface area contributed by atoms with Gasteiger partial charge in [0.1, 0.15) is 0 Å². The number of nitrogens with one attached hydrogen (secondary N) is 2. The second-order valence-electron chi connectivity index (χ2n) is 4.48. The van der Waals surface area contributed by atoms with E-state index < -0.39 is 0 Å². The van der Waals surface area contributed by atoms with Crippen LogP contribution in [0.15, 0.2) is 34.9 Å². The van der Waals surface area contributed by atoms with Crippen LogP contribution in [0.5, 0.6) is 0 Å². The van der Waals surface area contributed by atoms with Crippen LogP contribution in [0.4, 0.5) is 5.69 Å². The fourth-order valence-electron chi connectivity index (χ4n) is 1.63. The summed E-state index contributed by atoms with van der Waals surface area (Å²) in [7, 11) is 0. The van der Waals surface area contributed by atoms with Gasteiger partial charge in [-0.3, -0.25) is 4.79 Å². The number of carbonyl (C=O) groups excluding carboxylic acids is 1. The van der Waals surface area contributed by atoms with Gasteiger partial charge in [0.25, 0.3) is 11.7 Å². The minimum atomic E-state index is -0.266. The number of anilines is 1. The molecule has 0 unspecified atom stereocenters. The maximum atomic E-state index is 11.7. The monoisotopic (exact) mass is 258 g/mol. The molecule has 0 atom stereocenters. The average Bonchev–Trinajstić information content (AvgIpc) is 3.12. The molecule has 1 aromatic carbocycles. The van der Waals surface area contributed by atoms with Crippen molar-refractivity contribution in [3.05, 3.63) is 42.0 Å². The van der Waals surface area contributed by atoms with Gasteiger partial charge in [-0.1, -0.05) is 23.4 Å². The summed E-state index contributed by atoms with van der Waals surface area (Å²) in [5.74, 6) is 0.221. The van der Waals surface area contributed by atoms with Crippen LogP contribution in [0, 0.1) is 0 Å². The zero-order chi connectivity index (χ0) is 13.1. The number of nitrogens with zero attached hydrogens (tertiary/aromatic N) is 2. The molecule has 0 bridgehead atoms. The Kier molecular flexibility index (Phi) is 3.14. The highest BCUT2D eigenvalue weighted by molar-refractivity contribution is 5.90. The Morgan fingerprint density at radius 2 is 2.11 bits per heavy atom. The zero-order valence-corrected chi connectivity index (χ0v) is 10.3. The van der Waals surface area contributed by atoms with E-state index in [0.717, 1.165) is 18.5 Å². The Labute approximate surface area is 110 Å². The van der Waals surface area contributed by atoms with E-state index in [9.17, 15) is 4.79 Å². The number of rotatable bonds is 5. The van der Waals surface area contributed by atoms with Gasteiger partial charge in [-0.25, -0.2) is 0 Å². The number of aromatic nitrogens is 2. The summed E-state index contributed by atoms with van der Waals surface area (Å²) in [6.07, 6.45) is 2.07. The van der Waals surface area contributed by atoms with Crippen molar-refractivity contribution in [2.75, 3.05) is 5.32 Å². The Balaban J connectivity index is 1.57. The van der Waals surface area contributed by atoms with Crippen LogP contribution in [0.1, 0.15) is 29.4 Å². The Morgan fingerprint density at radius 1 is 1.32 bits per heavy atom. The van der Waals surface area contributed by atoms with E-state index in [1.165, 1.54) is 0 Å². The number of hydrogen-bond acceptors (Lipinski definition) is 5. The molecule has 1 aromatic heterocycles. The van der Waals surface area contributed by atoms with E-state index in [-0.39, 0.29) is 17.8 Å². The quantitative estimate of drug-likeness (QED) is 0.851. The normalized spacial score (nSPS) is 14.1. The summed E-state index contributed by atoms with van der Waals surface area (Å²) in [5.41, 5.74) is 0.963. The third-order valence-electron chi connectivity index (χ3n) is 2.80. The summed E-state index contributed by atoms with van der Waals surface area (Å²) >= 11 is 0. The first-order valence-corrected chi connectivity index (χ1v) is 6.23. The maximum Gasteiger partial charge on any atom is 0.292 e. The predicted molar refractivity (Wildman–Crippen MR) is 68.6 cm³/mol. The fraction of sp³-hybridized carbons (Fsp3) is 0.308. The smallest absolute Gasteiger partial charge is 0.292 e. The number of benzene rings is 1. The first kappa shape index (κ1) is 11.7. The Bertz CT molecular complexity index is 563. The second kappa shape index (κ2) is 5.09. The van der Waals surface area contributed by atoms with Crippen LogP contribution in [-0.4, -0.2) is 22.1 Å². The highest BCUT2D eigenvalue weighted by atomic mass is 16.5. The Hall–Kier alpha value is -2.37. The van der Waals surface area contributed by atoms with E-state index >= 15 is 0 Å². The summed E-state index contributed by atoms with van der Waals surface area (Å²) in [5, 5.41) is 9.62. The molecule has 2 N–H and O–H groups in total. The van der Waals surface area contributed by atoms with Crippen molar-refractivity contribution in [2.24, 2.45) is 0 Å². The molecule has 1 saturated carbocycles. The molecule has 1 aliphatic rings. The van der Waals surface area contributed by atoms with Crippen LogP contribution >= 0.6 is 0 Å². The van der Waals surface area contributed by atoms with Crippen molar-refractivity contribution < 1.29 is 9.32 Å². The zero-order valence-electron chi connectivity index (χ0n) is 10.3. The first-order chi connectivity index (χ1) is 9.31. The molecule has 0 radical (unpaired) electrons. The van der Waals surface area contributed by atoms with Gasteiger partial charge < -0.3 is 15.2 Å². The van der Waals surface area contributed by atoms with E-state index in [1.54, 1.807) is 0 Å². The lowest BCUT2D eigenvalue weighted by Gasteiger charge is -2.01.